The molecule has 0 saturated carbocycles. The number of methoxy groups -OCH3 is 2. The highest BCUT2D eigenvalue weighted by Gasteiger charge is 2.14. The van der Waals surface area contributed by atoms with Crippen molar-refractivity contribution < 1.29 is 9.47 Å². The van der Waals surface area contributed by atoms with E-state index < -0.39 is 0 Å². The first-order chi connectivity index (χ1) is 13.8. The van der Waals surface area contributed by atoms with E-state index in [1.165, 1.54) is 10.8 Å². The number of rotatable bonds is 4. The first kappa shape index (κ1) is 17.6. The lowest BCUT2D eigenvalue weighted by Gasteiger charge is -2.15. The van der Waals surface area contributed by atoms with Crippen molar-refractivity contribution in [2.24, 2.45) is 0 Å². The Kier molecular flexibility index (Phi) is 4.70. The molecule has 3 nitrogen and oxygen atoms in total. The summed E-state index contributed by atoms with van der Waals surface area (Å²) in [4.78, 5) is 0. The van der Waals surface area contributed by atoms with E-state index in [0.29, 0.717) is 11.5 Å². The van der Waals surface area contributed by atoms with Gasteiger partial charge in [-0.05, 0) is 50.9 Å². The molecule has 0 unspecified atom stereocenters. The Bertz CT molecular complexity index is 1250. The van der Waals surface area contributed by atoms with Gasteiger partial charge in [-0.15, -0.1) is 0 Å². The average molecular weight is 365 g/mol. The molecule has 0 amide bonds. The largest absolute Gasteiger partial charge is 0.493 e. The molecular formula is C25H19NO2. The maximum atomic E-state index is 9.49. The van der Waals surface area contributed by atoms with Crippen molar-refractivity contribution in [3.05, 3.63) is 90.0 Å². The van der Waals surface area contributed by atoms with Crippen LogP contribution in [-0.2, 0) is 0 Å². The molecular weight excluding hydrogens is 346 g/mol. The predicted molar refractivity (Wildman–Crippen MR) is 114 cm³/mol. The molecule has 0 aromatic heterocycles. The number of nitriles is 1. The van der Waals surface area contributed by atoms with Crippen LogP contribution in [0.3, 0.4) is 0 Å². The molecule has 0 fully saturated rings. The van der Waals surface area contributed by atoms with Gasteiger partial charge in [0.05, 0.1) is 20.3 Å². The topological polar surface area (TPSA) is 42.2 Å². The van der Waals surface area contributed by atoms with E-state index in [9.17, 15) is 5.26 Å². The number of nitrogens with zero attached hydrogens (tertiary/aromatic N) is 1. The van der Waals surface area contributed by atoms with Crippen LogP contribution in [0.25, 0.3) is 27.1 Å². The highest BCUT2D eigenvalue weighted by molar-refractivity contribution is 6.13. The molecule has 0 aliphatic heterocycles. The van der Waals surface area contributed by atoms with Crippen LogP contribution in [0, 0.1) is 11.3 Å². The third kappa shape index (κ3) is 2.95. The lowest BCUT2D eigenvalue weighted by atomic mass is 9.90. The molecule has 4 rings (SSSR count). The highest BCUT2D eigenvalue weighted by atomic mass is 16.5. The number of hydrogen-bond donors (Lipinski definition) is 0. The summed E-state index contributed by atoms with van der Waals surface area (Å²) < 4.78 is 10.8. The third-order valence-corrected chi connectivity index (χ3v) is 4.96. The van der Waals surface area contributed by atoms with Gasteiger partial charge >= 0.3 is 0 Å². The minimum atomic E-state index is 0.633. The summed E-state index contributed by atoms with van der Waals surface area (Å²) in [6.07, 6.45) is 1.60. The van der Waals surface area contributed by atoms with Gasteiger partial charge in [0.15, 0.2) is 11.5 Å². The lowest BCUT2D eigenvalue weighted by molar-refractivity contribution is 0.355. The van der Waals surface area contributed by atoms with Crippen molar-refractivity contribution in [3.8, 4) is 17.6 Å². The summed E-state index contributed by atoms with van der Waals surface area (Å²) >= 11 is 0. The zero-order valence-electron chi connectivity index (χ0n) is 15.8. The van der Waals surface area contributed by atoms with Gasteiger partial charge in [-0.2, -0.15) is 5.26 Å². The van der Waals surface area contributed by atoms with E-state index >= 15 is 0 Å². The Hall–Kier alpha value is -3.77. The average Bonchev–Trinajstić information content (AvgIpc) is 2.76. The summed E-state index contributed by atoms with van der Waals surface area (Å²) in [7, 11) is 3.22. The third-order valence-electron chi connectivity index (χ3n) is 4.96. The molecule has 0 aliphatic carbocycles. The Morgan fingerprint density at radius 3 is 2.18 bits per heavy atom. The molecule has 0 radical (unpaired) electrons. The molecule has 0 spiro atoms. The Balaban J connectivity index is 2.03. The van der Waals surface area contributed by atoms with Crippen molar-refractivity contribution in [1.82, 2.24) is 0 Å². The van der Waals surface area contributed by atoms with Gasteiger partial charge in [0, 0.05) is 11.6 Å². The van der Waals surface area contributed by atoms with Crippen molar-refractivity contribution >= 4 is 27.1 Å². The molecule has 0 saturated heterocycles. The Morgan fingerprint density at radius 2 is 1.46 bits per heavy atom. The van der Waals surface area contributed by atoms with E-state index in [1.807, 2.05) is 36.4 Å². The molecule has 0 N–H and O–H groups in total. The van der Waals surface area contributed by atoms with Crippen LogP contribution < -0.4 is 9.47 Å². The second-order valence-corrected chi connectivity index (χ2v) is 6.45. The zero-order valence-corrected chi connectivity index (χ0v) is 15.8. The lowest BCUT2D eigenvalue weighted by Crippen LogP contribution is -1.95. The number of fused-ring (bicyclic) bond motifs is 3. The fourth-order valence-electron chi connectivity index (χ4n) is 3.66. The number of ether oxygens (including phenoxy) is 2. The molecule has 28 heavy (non-hydrogen) atoms. The van der Waals surface area contributed by atoms with Gasteiger partial charge in [-0.3, -0.25) is 0 Å². The quantitative estimate of drug-likeness (QED) is 0.331. The van der Waals surface area contributed by atoms with Crippen LogP contribution >= 0.6 is 0 Å². The minimum Gasteiger partial charge on any atom is -0.493 e. The van der Waals surface area contributed by atoms with Crippen LogP contribution in [0.4, 0.5) is 0 Å². The first-order valence-corrected chi connectivity index (χ1v) is 9.00. The normalized spacial score (nSPS) is 11.4. The van der Waals surface area contributed by atoms with Crippen LogP contribution in [0.15, 0.2) is 78.9 Å². The maximum absolute atomic E-state index is 9.49. The predicted octanol–water partition coefficient (Wildman–Crippen LogP) is 5.97. The monoisotopic (exact) mass is 365 g/mol. The van der Waals surface area contributed by atoms with Crippen LogP contribution in [-0.4, -0.2) is 14.2 Å². The van der Waals surface area contributed by atoms with Gasteiger partial charge in [0.25, 0.3) is 0 Å². The van der Waals surface area contributed by atoms with Crippen molar-refractivity contribution in [1.29, 1.82) is 5.26 Å². The zero-order chi connectivity index (χ0) is 19.5. The summed E-state index contributed by atoms with van der Waals surface area (Å²) in [5.74, 6) is 1.29. The second-order valence-electron chi connectivity index (χ2n) is 6.45. The molecule has 136 valence electrons. The van der Waals surface area contributed by atoms with E-state index in [0.717, 1.165) is 27.5 Å². The van der Waals surface area contributed by atoms with Gasteiger partial charge in [-0.25, -0.2) is 0 Å². The van der Waals surface area contributed by atoms with Crippen molar-refractivity contribution in [2.45, 2.75) is 0 Å². The Labute approximate surface area is 164 Å². The van der Waals surface area contributed by atoms with Crippen molar-refractivity contribution in [2.75, 3.05) is 14.2 Å². The molecule has 4 aromatic rings. The molecule has 0 heterocycles. The summed E-state index contributed by atoms with van der Waals surface area (Å²) in [6.45, 7) is 0. The van der Waals surface area contributed by atoms with Crippen molar-refractivity contribution in [3.63, 3.8) is 0 Å². The molecule has 3 heteroatoms. The fraction of sp³-hybridized carbons (Fsp3) is 0.0800. The Morgan fingerprint density at radius 1 is 0.786 bits per heavy atom. The van der Waals surface area contributed by atoms with E-state index in [4.69, 9.17) is 9.47 Å². The minimum absolute atomic E-state index is 0.633. The summed E-state index contributed by atoms with van der Waals surface area (Å²) in [6, 6.07) is 26.7. The van der Waals surface area contributed by atoms with E-state index in [1.54, 1.807) is 20.3 Å². The molecule has 0 bridgehead atoms. The van der Waals surface area contributed by atoms with Gasteiger partial charge in [0.1, 0.15) is 0 Å². The molecule has 4 aromatic carbocycles. The second kappa shape index (κ2) is 7.46. The van der Waals surface area contributed by atoms with Crippen LogP contribution in [0.5, 0.6) is 11.5 Å². The summed E-state index contributed by atoms with van der Waals surface area (Å²) in [5.41, 5.74) is 2.77. The summed E-state index contributed by atoms with van der Waals surface area (Å²) in [5, 5.41) is 14.1. The van der Waals surface area contributed by atoms with E-state index in [2.05, 4.69) is 42.5 Å². The van der Waals surface area contributed by atoms with Crippen LogP contribution in [0.2, 0.25) is 0 Å². The first-order valence-electron chi connectivity index (χ1n) is 9.00. The molecule has 0 aliphatic rings. The van der Waals surface area contributed by atoms with Gasteiger partial charge < -0.3 is 9.47 Å². The fourth-order valence-corrected chi connectivity index (χ4v) is 3.66. The molecule has 0 atom stereocenters. The van der Waals surface area contributed by atoms with Crippen LogP contribution in [0.1, 0.15) is 11.1 Å². The van der Waals surface area contributed by atoms with Gasteiger partial charge in [-0.1, -0.05) is 54.6 Å². The standard InChI is InChI=1S/C25H19NO2/c1-27-24-12-11-18(16-25(24)28-2)20(13-14-26)23-15-17-7-3-4-8-19(17)21-9-5-6-10-22(21)23/h3-13,15-16H,1-2H3/b20-13-. The van der Waals surface area contributed by atoms with Gasteiger partial charge in [0.2, 0.25) is 0 Å². The highest BCUT2D eigenvalue weighted by Crippen LogP contribution is 2.37. The van der Waals surface area contributed by atoms with E-state index in [-0.39, 0.29) is 0 Å². The SMILES string of the molecule is COc1ccc(/C(=C/C#N)c2cc3ccccc3c3ccccc23)cc1OC. The maximum Gasteiger partial charge on any atom is 0.161 e. The number of allylic oxidation sites excluding steroid dienone is 1. The number of hydrogen-bond acceptors (Lipinski definition) is 3. The smallest absolute Gasteiger partial charge is 0.161 e. The number of benzene rings is 4.